The minimum Gasteiger partial charge on any atom is -0.490 e. The lowest BCUT2D eigenvalue weighted by atomic mass is 10.1. The van der Waals surface area contributed by atoms with Crippen LogP contribution >= 0.6 is 23.4 Å². The van der Waals surface area contributed by atoms with Gasteiger partial charge in [0.2, 0.25) is 5.91 Å². The minimum atomic E-state index is -0.670. The lowest BCUT2D eigenvalue weighted by Gasteiger charge is -2.15. The van der Waals surface area contributed by atoms with E-state index in [9.17, 15) is 23.6 Å². The number of carbonyl (C=O) groups is 4. The third-order valence-electron chi connectivity index (χ3n) is 5.60. The number of ether oxygens (including phenoxy) is 2. The van der Waals surface area contributed by atoms with E-state index in [0.29, 0.717) is 23.0 Å². The summed E-state index contributed by atoms with van der Waals surface area (Å²) in [6.45, 7) is 3.10. The molecule has 4 rings (SSSR count). The number of hydrogen-bond donors (Lipinski definition) is 2. The summed E-state index contributed by atoms with van der Waals surface area (Å²) >= 11 is 7.12. The predicted molar refractivity (Wildman–Crippen MR) is 156 cm³/mol. The molecule has 1 heterocycles. The molecule has 212 valence electrons. The van der Waals surface area contributed by atoms with Gasteiger partial charge in [-0.2, -0.15) is 0 Å². The Morgan fingerprint density at radius 1 is 1.00 bits per heavy atom. The Morgan fingerprint density at radius 3 is 2.44 bits per heavy atom. The first-order valence-corrected chi connectivity index (χ1v) is 13.6. The van der Waals surface area contributed by atoms with E-state index in [2.05, 4.69) is 10.6 Å². The van der Waals surface area contributed by atoms with Gasteiger partial charge in [0, 0.05) is 11.4 Å². The molecule has 0 aliphatic carbocycles. The number of benzene rings is 3. The Labute approximate surface area is 244 Å². The molecule has 1 aliphatic heterocycles. The molecule has 0 spiro atoms. The third kappa shape index (κ3) is 7.86. The van der Waals surface area contributed by atoms with Gasteiger partial charge in [-0.25, -0.2) is 4.39 Å². The molecule has 3 aromatic carbocycles. The van der Waals surface area contributed by atoms with Gasteiger partial charge >= 0.3 is 0 Å². The number of imide groups is 1. The summed E-state index contributed by atoms with van der Waals surface area (Å²) in [5, 5.41) is 4.68. The SMILES string of the molecule is CCOc1cc(/C=C2/SC(=O)N(CC(=O)Nc3cccc(F)c3)C2=O)cc(Cl)c1OCC(=O)Nc1ccc(C)cc1. The van der Waals surface area contributed by atoms with Crippen molar-refractivity contribution in [3.05, 3.63) is 87.5 Å². The fourth-order valence-electron chi connectivity index (χ4n) is 3.74. The second kappa shape index (κ2) is 13.3. The molecule has 2 N–H and O–H groups in total. The van der Waals surface area contributed by atoms with Crippen molar-refractivity contribution in [3.63, 3.8) is 0 Å². The summed E-state index contributed by atoms with van der Waals surface area (Å²) < 4.78 is 24.7. The molecule has 0 bridgehead atoms. The fourth-order valence-corrected chi connectivity index (χ4v) is 4.86. The first-order chi connectivity index (χ1) is 19.6. The van der Waals surface area contributed by atoms with Gasteiger partial charge < -0.3 is 20.1 Å². The summed E-state index contributed by atoms with van der Waals surface area (Å²) in [5.74, 6) is -1.88. The highest BCUT2D eigenvalue weighted by molar-refractivity contribution is 8.18. The number of aryl methyl sites for hydroxylation is 1. The zero-order valence-corrected chi connectivity index (χ0v) is 23.6. The first kappa shape index (κ1) is 29.6. The lowest BCUT2D eigenvalue weighted by Crippen LogP contribution is -2.36. The summed E-state index contributed by atoms with van der Waals surface area (Å²) in [6, 6.07) is 15.6. The highest BCUT2D eigenvalue weighted by atomic mass is 35.5. The molecule has 1 fully saturated rings. The summed E-state index contributed by atoms with van der Waals surface area (Å²) in [7, 11) is 0. The number of nitrogens with zero attached hydrogens (tertiary/aromatic N) is 1. The van der Waals surface area contributed by atoms with Crippen molar-refractivity contribution in [1.29, 1.82) is 0 Å². The molecule has 9 nitrogen and oxygen atoms in total. The summed E-state index contributed by atoms with van der Waals surface area (Å²) in [4.78, 5) is 51.0. The van der Waals surface area contributed by atoms with E-state index in [0.717, 1.165) is 16.5 Å². The molecule has 4 amide bonds. The lowest BCUT2D eigenvalue weighted by molar-refractivity contribution is -0.127. The van der Waals surface area contributed by atoms with E-state index in [4.69, 9.17) is 21.1 Å². The van der Waals surface area contributed by atoms with Gasteiger partial charge in [-0.3, -0.25) is 24.1 Å². The van der Waals surface area contributed by atoms with Crippen LogP contribution in [0.1, 0.15) is 18.1 Å². The molecule has 1 saturated heterocycles. The number of halogens is 2. The Kier molecular flexibility index (Phi) is 9.64. The van der Waals surface area contributed by atoms with Crippen LogP contribution in [0.4, 0.5) is 20.6 Å². The number of nitrogens with one attached hydrogen (secondary N) is 2. The van der Waals surface area contributed by atoms with E-state index in [1.165, 1.54) is 30.3 Å². The van der Waals surface area contributed by atoms with Gasteiger partial charge in [0.15, 0.2) is 18.1 Å². The summed E-state index contributed by atoms with van der Waals surface area (Å²) in [6.07, 6.45) is 1.44. The Bertz CT molecular complexity index is 1530. The van der Waals surface area contributed by atoms with Crippen LogP contribution in [0, 0.1) is 12.7 Å². The number of carbonyl (C=O) groups excluding carboxylic acids is 4. The largest absolute Gasteiger partial charge is 0.490 e. The molecule has 1 aliphatic rings. The zero-order valence-electron chi connectivity index (χ0n) is 22.0. The number of anilines is 2. The van der Waals surface area contributed by atoms with Gasteiger partial charge in [0.25, 0.3) is 17.1 Å². The predicted octanol–water partition coefficient (Wildman–Crippen LogP) is 5.88. The molecule has 12 heteroatoms. The van der Waals surface area contributed by atoms with Crippen molar-refractivity contribution in [1.82, 2.24) is 4.90 Å². The third-order valence-corrected chi connectivity index (χ3v) is 6.78. The van der Waals surface area contributed by atoms with E-state index >= 15 is 0 Å². The molecule has 41 heavy (non-hydrogen) atoms. The quantitative estimate of drug-likeness (QED) is 0.281. The standard InChI is InChI=1S/C29H25ClFN3O6S/c1-3-39-23-12-18(11-22(30)27(23)40-16-26(36)32-20-9-7-17(2)8-10-20)13-24-28(37)34(29(38)41-24)15-25(35)33-21-6-4-5-19(31)14-21/h4-14H,3,15-16H2,1-2H3,(H,32,36)(H,33,35)/b24-13+. The molecule has 0 atom stereocenters. The van der Waals surface area contributed by atoms with Gasteiger partial charge in [-0.05, 0) is 79.7 Å². The van der Waals surface area contributed by atoms with Crippen LogP contribution < -0.4 is 20.1 Å². The van der Waals surface area contributed by atoms with Crippen LogP contribution in [0.25, 0.3) is 6.08 Å². The molecule has 3 aromatic rings. The smallest absolute Gasteiger partial charge is 0.294 e. The monoisotopic (exact) mass is 597 g/mol. The fraction of sp³-hybridized carbons (Fsp3) is 0.172. The highest BCUT2D eigenvalue weighted by Gasteiger charge is 2.36. The normalized spacial score (nSPS) is 13.9. The zero-order chi connectivity index (χ0) is 29.5. The average molecular weight is 598 g/mol. The van der Waals surface area contributed by atoms with Crippen molar-refractivity contribution in [3.8, 4) is 11.5 Å². The number of amides is 4. The van der Waals surface area contributed by atoms with Gasteiger partial charge in [-0.1, -0.05) is 35.4 Å². The topological polar surface area (TPSA) is 114 Å². The highest BCUT2D eigenvalue weighted by Crippen LogP contribution is 2.39. The maximum absolute atomic E-state index is 13.4. The van der Waals surface area contributed by atoms with Crippen molar-refractivity contribution in [2.45, 2.75) is 13.8 Å². The number of hydrogen-bond acceptors (Lipinski definition) is 7. The Balaban J connectivity index is 1.44. The van der Waals surface area contributed by atoms with Gasteiger partial charge in [0.05, 0.1) is 16.5 Å². The second-order valence-corrected chi connectivity index (χ2v) is 10.2. The van der Waals surface area contributed by atoms with Crippen LogP contribution in [-0.4, -0.2) is 47.6 Å². The van der Waals surface area contributed by atoms with E-state index in [1.807, 2.05) is 19.1 Å². The maximum Gasteiger partial charge on any atom is 0.294 e. The molecule has 0 aromatic heterocycles. The van der Waals surface area contributed by atoms with Crippen LogP contribution in [-0.2, 0) is 14.4 Å². The minimum absolute atomic E-state index is 0.0678. The van der Waals surface area contributed by atoms with Crippen molar-refractivity contribution in [2.24, 2.45) is 0 Å². The summed E-state index contributed by atoms with van der Waals surface area (Å²) in [5.41, 5.74) is 2.31. The van der Waals surface area contributed by atoms with E-state index in [1.54, 1.807) is 25.1 Å². The van der Waals surface area contributed by atoms with Crippen LogP contribution in [0.3, 0.4) is 0 Å². The average Bonchev–Trinajstić information content (AvgIpc) is 3.17. The Morgan fingerprint density at radius 2 is 1.73 bits per heavy atom. The maximum atomic E-state index is 13.4. The van der Waals surface area contributed by atoms with Crippen LogP contribution in [0.5, 0.6) is 11.5 Å². The first-order valence-electron chi connectivity index (χ1n) is 12.4. The van der Waals surface area contributed by atoms with Crippen molar-refractivity contribution < 1.29 is 33.0 Å². The van der Waals surface area contributed by atoms with E-state index in [-0.39, 0.29) is 40.3 Å². The number of rotatable bonds is 10. The number of thioether (sulfide) groups is 1. The van der Waals surface area contributed by atoms with Crippen molar-refractivity contribution >= 4 is 63.8 Å². The van der Waals surface area contributed by atoms with Crippen molar-refractivity contribution in [2.75, 3.05) is 30.4 Å². The molecule has 0 radical (unpaired) electrons. The Hall–Kier alpha value is -4.35. The molecule has 0 saturated carbocycles. The molecule has 0 unspecified atom stereocenters. The van der Waals surface area contributed by atoms with Gasteiger partial charge in [0.1, 0.15) is 12.4 Å². The molecular weight excluding hydrogens is 573 g/mol. The molecular formula is C29H25ClFN3O6S. The second-order valence-electron chi connectivity index (χ2n) is 8.79. The van der Waals surface area contributed by atoms with E-state index < -0.39 is 35.3 Å². The van der Waals surface area contributed by atoms with Gasteiger partial charge in [-0.15, -0.1) is 0 Å². The van der Waals surface area contributed by atoms with Crippen LogP contribution in [0.2, 0.25) is 5.02 Å². The van der Waals surface area contributed by atoms with Crippen LogP contribution in [0.15, 0.2) is 65.6 Å².